The molecule has 0 N–H and O–H groups in total. The standard InChI is InChI=1S/C17H17FO2/c1-11-4-6-16(18)9-15(11)10-20-17-7-5-14(13(3)19)8-12(17)2/h4-9H,10H2,1-3H3. The quantitative estimate of drug-likeness (QED) is 0.779. The fourth-order valence-electron chi connectivity index (χ4n) is 1.98. The zero-order valence-corrected chi connectivity index (χ0v) is 11.9. The molecule has 2 nitrogen and oxygen atoms in total. The van der Waals surface area contributed by atoms with Crippen LogP contribution in [0.1, 0.15) is 34.0 Å². The van der Waals surface area contributed by atoms with Gasteiger partial charge in [-0.2, -0.15) is 0 Å². The van der Waals surface area contributed by atoms with Gasteiger partial charge >= 0.3 is 0 Å². The summed E-state index contributed by atoms with van der Waals surface area (Å²) in [5.74, 6) is 0.470. The molecule has 104 valence electrons. The molecule has 0 amide bonds. The van der Waals surface area contributed by atoms with Crippen LogP contribution in [0.3, 0.4) is 0 Å². The molecule has 20 heavy (non-hydrogen) atoms. The molecule has 0 atom stereocenters. The Labute approximate surface area is 118 Å². The van der Waals surface area contributed by atoms with E-state index in [4.69, 9.17) is 4.74 Å². The van der Waals surface area contributed by atoms with E-state index in [1.165, 1.54) is 19.1 Å². The number of carbonyl (C=O) groups is 1. The zero-order chi connectivity index (χ0) is 14.7. The van der Waals surface area contributed by atoms with E-state index in [9.17, 15) is 9.18 Å². The molecule has 0 spiro atoms. The zero-order valence-electron chi connectivity index (χ0n) is 11.9. The highest BCUT2D eigenvalue weighted by molar-refractivity contribution is 5.94. The van der Waals surface area contributed by atoms with E-state index in [0.29, 0.717) is 17.9 Å². The number of rotatable bonds is 4. The molecule has 2 aromatic carbocycles. The van der Waals surface area contributed by atoms with Gasteiger partial charge in [0.05, 0.1) is 0 Å². The number of Topliss-reactive ketones (excluding diaryl/α,β-unsaturated/α-hetero) is 1. The van der Waals surface area contributed by atoms with E-state index in [-0.39, 0.29) is 11.6 Å². The lowest BCUT2D eigenvalue weighted by atomic mass is 10.1. The first-order valence-corrected chi connectivity index (χ1v) is 6.47. The Kier molecular flexibility index (Phi) is 4.18. The second-order valence-corrected chi connectivity index (χ2v) is 4.90. The third kappa shape index (κ3) is 3.23. The molecule has 0 unspecified atom stereocenters. The van der Waals surface area contributed by atoms with Crippen molar-refractivity contribution in [3.05, 3.63) is 64.5 Å². The minimum Gasteiger partial charge on any atom is -0.489 e. The van der Waals surface area contributed by atoms with Crippen molar-refractivity contribution < 1.29 is 13.9 Å². The van der Waals surface area contributed by atoms with Gasteiger partial charge in [-0.3, -0.25) is 4.79 Å². The van der Waals surface area contributed by atoms with Gasteiger partial charge in [0.2, 0.25) is 0 Å². The Balaban J connectivity index is 2.15. The summed E-state index contributed by atoms with van der Waals surface area (Å²) in [4.78, 5) is 11.3. The SMILES string of the molecule is CC(=O)c1ccc(OCc2cc(F)ccc2C)c(C)c1. The maximum absolute atomic E-state index is 13.2. The largest absolute Gasteiger partial charge is 0.489 e. The maximum Gasteiger partial charge on any atom is 0.159 e. The van der Waals surface area contributed by atoms with E-state index in [1.54, 1.807) is 24.3 Å². The number of ether oxygens (including phenoxy) is 1. The number of aryl methyl sites for hydroxylation is 2. The minimum absolute atomic E-state index is 0.0284. The third-order valence-corrected chi connectivity index (χ3v) is 3.28. The van der Waals surface area contributed by atoms with Crippen LogP contribution in [0.5, 0.6) is 5.75 Å². The highest BCUT2D eigenvalue weighted by Crippen LogP contribution is 2.21. The van der Waals surface area contributed by atoms with Crippen molar-refractivity contribution >= 4 is 5.78 Å². The van der Waals surface area contributed by atoms with Crippen LogP contribution in [0.15, 0.2) is 36.4 Å². The molecule has 2 aromatic rings. The maximum atomic E-state index is 13.2. The molecule has 0 fully saturated rings. The van der Waals surface area contributed by atoms with Crippen molar-refractivity contribution in [1.82, 2.24) is 0 Å². The lowest BCUT2D eigenvalue weighted by Crippen LogP contribution is -2.01. The molecule has 0 aliphatic carbocycles. The highest BCUT2D eigenvalue weighted by atomic mass is 19.1. The molecule has 0 saturated heterocycles. The van der Waals surface area contributed by atoms with Crippen LogP contribution in [-0.2, 0) is 6.61 Å². The van der Waals surface area contributed by atoms with Crippen LogP contribution in [0.2, 0.25) is 0 Å². The smallest absolute Gasteiger partial charge is 0.159 e. The number of benzene rings is 2. The van der Waals surface area contributed by atoms with Gasteiger partial charge < -0.3 is 4.74 Å². The third-order valence-electron chi connectivity index (χ3n) is 3.28. The average Bonchev–Trinajstić information content (AvgIpc) is 2.40. The molecular formula is C17H17FO2. The Morgan fingerprint density at radius 2 is 1.85 bits per heavy atom. The fourth-order valence-corrected chi connectivity index (χ4v) is 1.98. The second kappa shape index (κ2) is 5.87. The van der Waals surface area contributed by atoms with E-state index in [2.05, 4.69) is 0 Å². The summed E-state index contributed by atoms with van der Waals surface area (Å²) in [6.45, 7) is 5.65. The predicted molar refractivity (Wildman–Crippen MR) is 76.7 cm³/mol. The van der Waals surface area contributed by atoms with Crippen LogP contribution in [0.25, 0.3) is 0 Å². The Morgan fingerprint density at radius 3 is 2.50 bits per heavy atom. The first-order valence-electron chi connectivity index (χ1n) is 6.47. The molecular weight excluding hydrogens is 255 g/mol. The van der Waals surface area contributed by atoms with E-state index >= 15 is 0 Å². The molecule has 0 aliphatic rings. The van der Waals surface area contributed by atoms with Crippen LogP contribution < -0.4 is 4.74 Å². The number of ketones is 1. The summed E-state index contributed by atoms with van der Waals surface area (Å²) < 4.78 is 18.9. The van der Waals surface area contributed by atoms with Crippen molar-refractivity contribution in [1.29, 1.82) is 0 Å². The van der Waals surface area contributed by atoms with E-state index < -0.39 is 0 Å². The summed E-state index contributed by atoms with van der Waals surface area (Å²) >= 11 is 0. The van der Waals surface area contributed by atoms with Gasteiger partial charge in [-0.05, 0) is 67.8 Å². The lowest BCUT2D eigenvalue weighted by molar-refractivity contribution is 0.101. The molecule has 3 heteroatoms. The monoisotopic (exact) mass is 272 g/mol. The molecule has 2 rings (SSSR count). The second-order valence-electron chi connectivity index (χ2n) is 4.90. The van der Waals surface area contributed by atoms with E-state index in [0.717, 1.165) is 16.7 Å². The Hall–Kier alpha value is -2.16. The summed E-state index contributed by atoms with van der Waals surface area (Å²) in [7, 11) is 0. The van der Waals surface area contributed by atoms with Crippen LogP contribution in [0, 0.1) is 19.7 Å². The van der Waals surface area contributed by atoms with Crippen molar-refractivity contribution in [2.45, 2.75) is 27.4 Å². The minimum atomic E-state index is -0.266. The van der Waals surface area contributed by atoms with Crippen LogP contribution in [-0.4, -0.2) is 5.78 Å². The fraction of sp³-hybridized carbons (Fsp3) is 0.235. The Morgan fingerprint density at radius 1 is 1.10 bits per heavy atom. The molecule has 0 radical (unpaired) electrons. The van der Waals surface area contributed by atoms with Crippen LogP contribution in [0.4, 0.5) is 4.39 Å². The van der Waals surface area contributed by atoms with Gasteiger partial charge in [0, 0.05) is 5.56 Å². The topological polar surface area (TPSA) is 26.3 Å². The first kappa shape index (κ1) is 14.3. The molecule has 0 aliphatic heterocycles. The van der Waals surface area contributed by atoms with Gasteiger partial charge in [-0.1, -0.05) is 6.07 Å². The average molecular weight is 272 g/mol. The van der Waals surface area contributed by atoms with Gasteiger partial charge in [-0.25, -0.2) is 4.39 Å². The van der Waals surface area contributed by atoms with E-state index in [1.807, 2.05) is 13.8 Å². The van der Waals surface area contributed by atoms with Gasteiger partial charge in [0.1, 0.15) is 18.2 Å². The molecule has 0 bridgehead atoms. The molecule has 0 saturated carbocycles. The summed E-state index contributed by atoms with van der Waals surface area (Å²) in [6.07, 6.45) is 0. The summed E-state index contributed by atoms with van der Waals surface area (Å²) in [6, 6.07) is 9.97. The van der Waals surface area contributed by atoms with Crippen molar-refractivity contribution in [3.63, 3.8) is 0 Å². The Bertz CT molecular complexity index is 647. The lowest BCUT2D eigenvalue weighted by Gasteiger charge is -2.11. The summed E-state index contributed by atoms with van der Waals surface area (Å²) in [5.41, 5.74) is 3.37. The number of hydrogen-bond donors (Lipinski definition) is 0. The first-order chi connectivity index (χ1) is 9.47. The van der Waals surface area contributed by atoms with Crippen molar-refractivity contribution in [3.8, 4) is 5.75 Å². The van der Waals surface area contributed by atoms with Crippen molar-refractivity contribution in [2.24, 2.45) is 0 Å². The normalized spacial score (nSPS) is 10.4. The van der Waals surface area contributed by atoms with Gasteiger partial charge in [-0.15, -0.1) is 0 Å². The number of carbonyl (C=O) groups excluding carboxylic acids is 1. The number of halogens is 1. The molecule has 0 aromatic heterocycles. The molecule has 0 heterocycles. The van der Waals surface area contributed by atoms with Crippen LogP contribution >= 0.6 is 0 Å². The van der Waals surface area contributed by atoms with Crippen molar-refractivity contribution in [2.75, 3.05) is 0 Å². The van der Waals surface area contributed by atoms with Gasteiger partial charge in [0.25, 0.3) is 0 Å². The summed E-state index contributed by atoms with van der Waals surface area (Å²) in [5, 5.41) is 0. The predicted octanol–water partition coefficient (Wildman–Crippen LogP) is 4.22. The highest BCUT2D eigenvalue weighted by Gasteiger charge is 2.06. The van der Waals surface area contributed by atoms with Gasteiger partial charge in [0.15, 0.2) is 5.78 Å². The number of hydrogen-bond acceptors (Lipinski definition) is 2.